The molecule has 1 saturated heterocycles. The lowest BCUT2D eigenvalue weighted by Gasteiger charge is -2.24. The number of nitrogens with one attached hydrogen (secondary N) is 1. The third kappa shape index (κ3) is 3.46. The van der Waals surface area contributed by atoms with E-state index in [4.69, 9.17) is 4.74 Å². The first kappa shape index (κ1) is 14.7. The summed E-state index contributed by atoms with van der Waals surface area (Å²) in [6, 6.07) is 5.47. The fourth-order valence-corrected chi connectivity index (χ4v) is 2.76. The van der Waals surface area contributed by atoms with Gasteiger partial charge in [-0.3, -0.25) is 15.0 Å². The van der Waals surface area contributed by atoms with Gasteiger partial charge in [0.2, 0.25) is 0 Å². The van der Waals surface area contributed by atoms with Crippen LogP contribution in [-0.4, -0.2) is 43.1 Å². The molecular formula is C14H21N3O3. The van der Waals surface area contributed by atoms with Crippen LogP contribution in [0.5, 0.6) is 5.75 Å². The van der Waals surface area contributed by atoms with Crippen LogP contribution in [0.3, 0.4) is 0 Å². The minimum atomic E-state index is -0.374. The summed E-state index contributed by atoms with van der Waals surface area (Å²) in [5.74, 6) is 0.540. The second kappa shape index (κ2) is 6.67. The lowest BCUT2D eigenvalue weighted by molar-refractivity contribution is -0.385. The Labute approximate surface area is 118 Å². The van der Waals surface area contributed by atoms with Crippen LogP contribution in [0.2, 0.25) is 0 Å². The maximum Gasteiger partial charge on any atom is 0.273 e. The highest BCUT2D eigenvalue weighted by Gasteiger charge is 2.24. The number of likely N-dealkylation sites (N-methyl/N-ethyl adjacent to an activating group) is 1. The molecule has 1 fully saturated rings. The van der Waals surface area contributed by atoms with Gasteiger partial charge in [-0.25, -0.2) is 0 Å². The Balaban J connectivity index is 2.15. The van der Waals surface area contributed by atoms with Crippen molar-refractivity contribution < 1.29 is 9.66 Å². The first-order chi connectivity index (χ1) is 9.63. The SMILES string of the molecule is CNCC1CCCN1Cc1cc(OC)cc([N+](=O)[O-])c1. The zero-order valence-electron chi connectivity index (χ0n) is 12.0. The van der Waals surface area contributed by atoms with E-state index < -0.39 is 0 Å². The number of ether oxygens (including phenoxy) is 1. The number of hydrogen-bond donors (Lipinski definition) is 1. The second-order valence-corrected chi connectivity index (χ2v) is 5.12. The number of nitro groups is 1. The largest absolute Gasteiger partial charge is 0.496 e. The molecule has 1 aromatic rings. The lowest BCUT2D eigenvalue weighted by atomic mass is 10.1. The van der Waals surface area contributed by atoms with Crippen molar-refractivity contribution in [1.82, 2.24) is 10.2 Å². The summed E-state index contributed by atoms with van der Waals surface area (Å²) in [5, 5.41) is 14.2. The monoisotopic (exact) mass is 279 g/mol. The van der Waals surface area contributed by atoms with Crippen molar-refractivity contribution in [2.24, 2.45) is 0 Å². The highest BCUT2D eigenvalue weighted by Crippen LogP contribution is 2.26. The van der Waals surface area contributed by atoms with E-state index in [0.29, 0.717) is 11.8 Å². The molecule has 6 nitrogen and oxygen atoms in total. The first-order valence-corrected chi connectivity index (χ1v) is 6.85. The van der Waals surface area contributed by atoms with Crippen molar-refractivity contribution in [1.29, 1.82) is 0 Å². The predicted octanol–water partition coefficient (Wildman–Crippen LogP) is 1.79. The van der Waals surface area contributed by atoms with Crippen LogP contribution in [0.15, 0.2) is 18.2 Å². The van der Waals surface area contributed by atoms with E-state index in [1.165, 1.54) is 26.0 Å². The number of nitro benzene ring substituents is 1. The first-order valence-electron chi connectivity index (χ1n) is 6.85. The summed E-state index contributed by atoms with van der Waals surface area (Å²) in [6.45, 7) is 2.72. The molecule has 0 aromatic heterocycles. The second-order valence-electron chi connectivity index (χ2n) is 5.12. The lowest BCUT2D eigenvalue weighted by Crippen LogP contribution is -2.36. The van der Waals surface area contributed by atoms with Gasteiger partial charge in [0.15, 0.2) is 0 Å². The van der Waals surface area contributed by atoms with Crippen LogP contribution in [-0.2, 0) is 6.54 Å². The van der Waals surface area contributed by atoms with Gasteiger partial charge in [0, 0.05) is 25.2 Å². The summed E-state index contributed by atoms with van der Waals surface area (Å²) in [7, 11) is 3.48. The van der Waals surface area contributed by atoms with Gasteiger partial charge in [0.25, 0.3) is 5.69 Å². The minimum absolute atomic E-state index is 0.0868. The molecule has 1 aliphatic rings. The number of likely N-dealkylation sites (tertiary alicyclic amines) is 1. The van der Waals surface area contributed by atoms with Crippen molar-refractivity contribution >= 4 is 5.69 Å². The molecule has 1 aliphatic heterocycles. The maximum absolute atomic E-state index is 11.0. The molecule has 6 heteroatoms. The number of non-ortho nitro benzene ring substituents is 1. The van der Waals surface area contributed by atoms with Crippen LogP contribution >= 0.6 is 0 Å². The Morgan fingerprint density at radius 3 is 2.95 bits per heavy atom. The van der Waals surface area contributed by atoms with E-state index in [1.807, 2.05) is 13.1 Å². The van der Waals surface area contributed by atoms with E-state index in [2.05, 4.69) is 10.2 Å². The van der Waals surface area contributed by atoms with Crippen molar-refractivity contribution in [2.75, 3.05) is 27.2 Å². The Hall–Kier alpha value is -1.66. The molecule has 1 heterocycles. The van der Waals surface area contributed by atoms with Gasteiger partial charge < -0.3 is 10.1 Å². The topological polar surface area (TPSA) is 67.6 Å². The van der Waals surface area contributed by atoms with Crippen LogP contribution in [0.25, 0.3) is 0 Å². The van der Waals surface area contributed by atoms with Gasteiger partial charge in [-0.1, -0.05) is 0 Å². The zero-order chi connectivity index (χ0) is 14.5. The van der Waals surface area contributed by atoms with Crippen molar-refractivity contribution in [2.45, 2.75) is 25.4 Å². The molecule has 0 radical (unpaired) electrons. The van der Waals surface area contributed by atoms with Gasteiger partial charge in [-0.15, -0.1) is 0 Å². The van der Waals surface area contributed by atoms with E-state index >= 15 is 0 Å². The molecular weight excluding hydrogens is 258 g/mol. The van der Waals surface area contributed by atoms with Crippen LogP contribution in [0, 0.1) is 10.1 Å². The predicted molar refractivity (Wildman–Crippen MR) is 77.0 cm³/mol. The number of nitrogens with zero attached hydrogens (tertiary/aromatic N) is 2. The molecule has 20 heavy (non-hydrogen) atoms. The Morgan fingerprint density at radius 1 is 1.50 bits per heavy atom. The molecule has 0 amide bonds. The average Bonchev–Trinajstić information content (AvgIpc) is 2.86. The number of hydrogen-bond acceptors (Lipinski definition) is 5. The summed E-state index contributed by atoms with van der Waals surface area (Å²) in [5.41, 5.74) is 1.02. The van der Waals surface area contributed by atoms with Crippen LogP contribution in [0.4, 0.5) is 5.69 Å². The third-order valence-electron chi connectivity index (χ3n) is 3.72. The van der Waals surface area contributed by atoms with Gasteiger partial charge in [-0.05, 0) is 38.1 Å². The molecule has 1 unspecified atom stereocenters. The molecule has 0 saturated carbocycles. The smallest absolute Gasteiger partial charge is 0.273 e. The Kier molecular flexibility index (Phi) is 4.92. The Morgan fingerprint density at radius 2 is 2.30 bits per heavy atom. The van der Waals surface area contributed by atoms with E-state index in [-0.39, 0.29) is 10.6 Å². The quantitative estimate of drug-likeness (QED) is 0.635. The summed E-state index contributed by atoms with van der Waals surface area (Å²) in [6.07, 6.45) is 2.35. The molecule has 0 spiro atoms. The summed E-state index contributed by atoms with van der Waals surface area (Å²) < 4.78 is 5.15. The normalized spacial score (nSPS) is 19.2. The van der Waals surface area contributed by atoms with E-state index in [1.54, 1.807) is 6.07 Å². The molecule has 110 valence electrons. The maximum atomic E-state index is 11.0. The van der Waals surface area contributed by atoms with Crippen molar-refractivity contribution in [3.05, 3.63) is 33.9 Å². The molecule has 0 bridgehead atoms. The van der Waals surface area contributed by atoms with Gasteiger partial charge >= 0.3 is 0 Å². The molecule has 1 N–H and O–H groups in total. The number of rotatable bonds is 6. The third-order valence-corrected chi connectivity index (χ3v) is 3.72. The van der Waals surface area contributed by atoms with Crippen LogP contribution < -0.4 is 10.1 Å². The van der Waals surface area contributed by atoms with Crippen molar-refractivity contribution in [3.63, 3.8) is 0 Å². The fraction of sp³-hybridized carbons (Fsp3) is 0.571. The highest BCUT2D eigenvalue weighted by atomic mass is 16.6. The molecule has 2 rings (SSSR count). The Bertz CT molecular complexity index is 479. The van der Waals surface area contributed by atoms with Gasteiger partial charge in [0.1, 0.15) is 5.75 Å². The highest BCUT2D eigenvalue weighted by molar-refractivity contribution is 5.42. The van der Waals surface area contributed by atoms with Crippen LogP contribution in [0.1, 0.15) is 18.4 Å². The molecule has 0 aliphatic carbocycles. The average molecular weight is 279 g/mol. The van der Waals surface area contributed by atoms with Gasteiger partial charge in [0.05, 0.1) is 18.1 Å². The summed E-state index contributed by atoms with van der Waals surface area (Å²) in [4.78, 5) is 12.9. The molecule has 1 aromatic carbocycles. The minimum Gasteiger partial charge on any atom is -0.496 e. The van der Waals surface area contributed by atoms with Gasteiger partial charge in [-0.2, -0.15) is 0 Å². The number of methoxy groups -OCH3 is 1. The number of benzene rings is 1. The molecule has 1 atom stereocenters. The zero-order valence-corrected chi connectivity index (χ0v) is 12.0. The fourth-order valence-electron chi connectivity index (χ4n) is 2.76. The standard InChI is InChI=1S/C14H21N3O3/c1-15-9-12-4-3-5-16(12)10-11-6-13(17(18)19)8-14(7-11)20-2/h6-8,12,15H,3-5,9-10H2,1-2H3. The van der Waals surface area contributed by atoms with E-state index in [9.17, 15) is 10.1 Å². The van der Waals surface area contributed by atoms with E-state index in [0.717, 1.165) is 25.2 Å². The summed E-state index contributed by atoms with van der Waals surface area (Å²) >= 11 is 0. The van der Waals surface area contributed by atoms with Crippen molar-refractivity contribution in [3.8, 4) is 5.75 Å².